The molecule has 0 spiro atoms. The number of esters is 1. The number of aliphatic hydroxyl groups is 1. The lowest BCUT2D eigenvalue weighted by Gasteiger charge is -2.51. The van der Waals surface area contributed by atoms with Crippen LogP contribution in [0.4, 0.5) is 4.79 Å². The highest BCUT2D eigenvalue weighted by atomic mass is 32.3. The van der Waals surface area contributed by atoms with Crippen molar-refractivity contribution in [3.8, 4) is 0 Å². The summed E-state index contributed by atoms with van der Waals surface area (Å²) in [5.41, 5.74) is 0.847. The lowest BCUT2D eigenvalue weighted by Crippen LogP contribution is -2.57. The fraction of sp³-hybridized carbons (Fsp3) is 0.640. The Hall–Kier alpha value is -2.14. The minimum absolute atomic E-state index is 0.0923. The van der Waals surface area contributed by atoms with Crippen LogP contribution in [0.3, 0.4) is 0 Å². The quantitative estimate of drug-likeness (QED) is 0.424. The summed E-state index contributed by atoms with van der Waals surface area (Å²) in [7, 11) is -2.47. The van der Waals surface area contributed by atoms with Crippen LogP contribution in [-0.4, -0.2) is 105 Å². The van der Waals surface area contributed by atoms with Crippen LogP contribution in [0.15, 0.2) is 30.3 Å². The number of carbonyl (C=O) groups excluding carboxylic acids is 3. The molecule has 0 aromatic heterocycles. The molecule has 0 radical (unpaired) electrons. The first-order valence-electron chi connectivity index (χ1n) is 12.3. The Labute approximate surface area is 208 Å². The first-order valence-corrected chi connectivity index (χ1v) is 14.2. The second-order valence-electron chi connectivity index (χ2n) is 9.78. The summed E-state index contributed by atoms with van der Waals surface area (Å²) in [6, 6.07) is 8.45. The average Bonchev–Trinajstić information content (AvgIpc) is 3.03. The number of ether oxygens (including phenoxy) is 2. The van der Waals surface area contributed by atoms with E-state index in [-0.39, 0.29) is 30.1 Å². The molecule has 9 nitrogen and oxygen atoms in total. The van der Waals surface area contributed by atoms with E-state index in [4.69, 9.17) is 9.47 Å². The SMILES string of the molecule is CCN(CCN1CCOCC1)C(=O)S1(CO)[C@@H]2CC(=O)N2[C@@H](C(=O)OCc2ccccc2)C1(C)C. The summed E-state index contributed by atoms with van der Waals surface area (Å²) < 4.78 is 10.1. The van der Waals surface area contributed by atoms with Crippen molar-refractivity contribution in [2.45, 2.75) is 50.0 Å². The zero-order valence-electron chi connectivity index (χ0n) is 20.9. The van der Waals surface area contributed by atoms with Crippen LogP contribution >= 0.6 is 10.0 Å². The van der Waals surface area contributed by atoms with Gasteiger partial charge < -0.3 is 24.4 Å². The number of hydrogen-bond donors (Lipinski definition) is 1. The molecule has 35 heavy (non-hydrogen) atoms. The molecule has 0 saturated carbocycles. The molecule has 1 aromatic carbocycles. The molecule has 3 atom stereocenters. The number of carbonyl (C=O) groups is 3. The van der Waals surface area contributed by atoms with Crippen molar-refractivity contribution in [1.82, 2.24) is 14.7 Å². The van der Waals surface area contributed by atoms with Crippen LogP contribution in [0.1, 0.15) is 32.8 Å². The Morgan fingerprint density at radius 1 is 1.23 bits per heavy atom. The summed E-state index contributed by atoms with van der Waals surface area (Å²) in [5.74, 6) is -1.05. The van der Waals surface area contributed by atoms with Gasteiger partial charge in [0.2, 0.25) is 5.91 Å². The maximum atomic E-state index is 14.1. The Morgan fingerprint density at radius 2 is 1.91 bits per heavy atom. The van der Waals surface area contributed by atoms with Gasteiger partial charge in [-0.2, -0.15) is 0 Å². The molecule has 4 rings (SSSR count). The minimum Gasteiger partial charge on any atom is -0.459 e. The van der Waals surface area contributed by atoms with E-state index < -0.39 is 32.2 Å². The smallest absolute Gasteiger partial charge is 0.330 e. The van der Waals surface area contributed by atoms with Crippen LogP contribution < -0.4 is 0 Å². The van der Waals surface area contributed by atoms with Crippen molar-refractivity contribution in [1.29, 1.82) is 0 Å². The maximum Gasteiger partial charge on any atom is 0.330 e. The van der Waals surface area contributed by atoms with Gasteiger partial charge in [-0.05, 0) is 26.3 Å². The number of nitrogens with zero attached hydrogens (tertiary/aromatic N) is 3. The normalized spacial score (nSPS) is 29.6. The molecular formula is C25H37N3O6S. The van der Waals surface area contributed by atoms with Crippen molar-refractivity contribution in [2.75, 3.05) is 51.9 Å². The van der Waals surface area contributed by atoms with Crippen molar-refractivity contribution < 1.29 is 29.0 Å². The first kappa shape index (κ1) is 25.9. The number of aliphatic hydroxyl groups excluding tert-OH is 1. The topological polar surface area (TPSA) is 99.6 Å². The fourth-order valence-electron chi connectivity index (χ4n) is 5.48. The average molecular weight is 508 g/mol. The molecule has 3 heterocycles. The van der Waals surface area contributed by atoms with Crippen molar-refractivity contribution in [3.63, 3.8) is 0 Å². The molecule has 0 aliphatic carbocycles. The summed E-state index contributed by atoms with van der Waals surface area (Å²) in [6.45, 7) is 10.5. The number of hydrogen-bond acceptors (Lipinski definition) is 7. The van der Waals surface area contributed by atoms with Gasteiger partial charge in [0.25, 0.3) is 5.24 Å². The summed E-state index contributed by atoms with van der Waals surface area (Å²) in [5, 5.41) is 10.2. The highest BCUT2D eigenvalue weighted by molar-refractivity contribution is 8.46. The predicted octanol–water partition coefficient (Wildman–Crippen LogP) is 1.98. The number of rotatable bonds is 8. The van der Waals surface area contributed by atoms with E-state index in [1.165, 1.54) is 4.90 Å². The fourth-order valence-corrected chi connectivity index (χ4v) is 9.82. The number of likely N-dealkylation sites (N-methyl/N-ethyl adjacent to an activating group) is 1. The highest BCUT2D eigenvalue weighted by Gasteiger charge is 2.72. The van der Waals surface area contributed by atoms with E-state index >= 15 is 0 Å². The van der Waals surface area contributed by atoms with E-state index in [9.17, 15) is 19.5 Å². The summed E-state index contributed by atoms with van der Waals surface area (Å²) in [4.78, 5) is 45.7. The van der Waals surface area contributed by atoms with Crippen LogP contribution in [0, 0.1) is 0 Å². The van der Waals surface area contributed by atoms with E-state index in [1.807, 2.05) is 51.1 Å². The molecule has 3 aliphatic heterocycles. The molecule has 194 valence electrons. The van der Waals surface area contributed by atoms with Crippen LogP contribution in [0.2, 0.25) is 0 Å². The molecule has 10 heteroatoms. The molecule has 1 unspecified atom stereocenters. The van der Waals surface area contributed by atoms with Gasteiger partial charge in [0.1, 0.15) is 12.6 Å². The Kier molecular flexibility index (Phi) is 7.75. The Bertz CT molecular complexity index is 938. The van der Waals surface area contributed by atoms with Crippen LogP contribution in [-0.2, 0) is 25.7 Å². The van der Waals surface area contributed by atoms with Gasteiger partial charge in [-0.15, -0.1) is 10.0 Å². The lowest BCUT2D eigenvalue weighted by molar-refractivity contribution is -0.162. The molecule has 3 aliphatic rings. The second-order valence-corrected chi connectivity index (χ2v) is 13.6. The van der Waals surface area contributed by atoms with Crippen molar-refractivity contribution in [3.05, 3.63) is 35.9 Å². The van der Waals surface area contributed by atoms with Gasteiger partial charge in [0, 0.05) is 37.5 Å². The molecule has 3 saturated heterocycles. The zero-order chi connectivity index (χ0) is 25.2. The zero-order valence-corrected chi connectivity index (χ0v) is 21.7. The number of morpholine rings is 1. The Morgan fingerprint density at radius 3 is 2.51 bits per heavy atom. The van der Waals surface area contributed by atoms with E-state index in [0.717, 1.165) is 25.2 Å². The molecule has 1 aromatic rings. The predicted molar refractivity (Wildman–Crippen MR) is 134 cm³/mol. The third-order valence-corrected chi connectivity index (χ3v) is 12.4. The van der Waals surface area contributed by atoms with Crippen LogP contribution in [0.5, 0.6) is 0 Å². The van der Waals surface area contributed by atoms with Crippen LogP contribution in [0.25, 0.3) is 0 Å². The van der Waals surface area contributed by atoms with Gasteiger partial charge in [-0.25, -0.2) is 4.79 Å². The highest BCUT2D eigenvalue weighted by Crippen LogP contribution is 2.74. The standard InChI is InChI=1S/C25H37N3O6S/c1-4-27(11-10-26-12-14-33-15-13-26)24(32)35(18-29)21-16-20(30)28(21)22(25(35,2)3)23(31)34-17-19-8-6-5-7-9-19/h5-9,21-22,29H,4,10-18H2,1-3H3/t21-,22+/m1/s1. The minimum atomic E-state index is -2.47. The number of amides is 2. The lowest BCUT2D eigenvalue weighted by atomic mass is 9.98. The molecule has 1 N–H and O–H groups in total. The summed E-state index contributed by atoms with van der Waals surface area (Å²) >= 11 is 0. The monoisotopic (exact) mass is 507 g/mol. The van der Waals surface area contributed by atoms with Crippen molar-refractivity contribution in [2.24, 2.45) is 0 Å². The largest absolute Gasteiger partial charge is 0.459 e. The van der Waals surface area contributed by atoms with Gasteiger partial charge in [-0.3, -0.25) is 14.5 Å². The third-order valence-electron chi connectivity index (χ3n) is 7.68. The van der Waals surface area contributed by atoms with E-state index in [1.54, 1.807) is 4.90 Å². The number of fused-ring (bicyclic) bond motifs is 1. The number of β-lactam (4-membered cyclic amide) rings is 1. The molecule has 2 amide bonds. The summed E-state index contributed by atoms with van der Waals surface area (Å²) in [6.07, 6.45) is 0.175. The van der Waals surface area contributed by atoms with Crippen molar-refractivity contribution >= 4 is 27.1 Å². The van der Waals surface area contributed by atoms with E-state index in [0.29, 0.717) is 26.3 Å². The van der Waals surface area contributed by atoms with Gasteiger partial charge in [-0.1, -0.05) is 30.3 Å². The molecular weight excluding hydrogens is 470 g/mol. The van der Waals surface area contributed by atoms with Gasteiger partial charge >= 0.3 is 5.97 Å². The van der Waals surface area contributed by atoms with E-state index in [2.05, 4.69) is 4.90 Å². The molecule has 0 bridgehead atoms. The Balaban J connectivity index is 1.55. The number of benzene rings is 1. The van der Waals surface area contributed by atoms with Gasteiger partial charge in [0.05, 0.1) is 30.9 Å². The third kappa shape index (κ3) is 4.45. The maximum absolute atomic E-state index is 14.1. The first-order chi connectivity index (χ1) is 16.8. The molecule has 3 fully saturated rings. The van der Waals surface area contributed by atoms with Gasteiger partial charge in [0.15, 0.2) is 0 Å². The second kappa shape index (κ2) is 10.5.